The molecule has 0 aliphatic heterocycles. The van der Waals surface area contributed by atoms with Gasteiger partial charge in [0.1, 0.15) is 5.69 Å². The molecule has 1 unspecified atom stereocenters. The second-order valence-corrected chi connectivity index (χ2v) is 5.93. The molecule has 0 aromatic carbocycles. The molecule has 0 spiro atoms. The molecule has 108 valence electrons. The van der Waals surface area contributed by atoms with Gasteiger partial charge in [0.15, 0.2) is 0 Å². The number of carbonyl (C=O) groups excluding carboxylic acids is 1. The lowest BCUT2D eigenvalue weighted by atomic mass is 10.2. The first-order valence-electron chi connectivity index (χ1n) is 6.52. The third-order valence-corrected chi connectivity index (χ3v) is 3.87. The van der Waals surface area contributed by atoms with Crippen LogP contribution in [0.3, 0.4) is 0 Å². The number of hydrogen-bond donors (Lipinski definition) is 2. The van der Waals surface area contributed by atoms with Gasteiger partial charge in [-0.05, 0) is 26.3 Å². The Morgan fingerprint density at radius 3 is 2.95 bits per heavy atom. The van der Waals surface area contributed by atoms with Crippen molar-refractivity contribution in [3.63, 3.8) is 0 Å². The largest absolute Gasteiger partial charge is 0.396 e. The Labute approximate surface area is 122 Å². The lowest BCUT2D eigenvalue weighted by Crippen LogP contribution is -2.34. The molecular formula is C14H19N3O2S. The Bertz CT molecular complexity index is 603. The number of aryl methyl sites for hydroxylation is 2. The Balaban J connectivity index is 2.17. The van der Waals surface area contributed by atoms with E-state index in [-0.39, 0.29) is 18.6 Å². The van der Waals surface area contributed by atoms with Crippen molar-refractivity contribution in [2.45, 2.75) is 26.3 Å². The quantitative estimate of drug-likeness (QED) is 0.885. The second kappa shape index (κ2) is 6.19. The van der Waals surface area contributed by atoms with Crippen molar-refractivity contribution < 1.29 is 9.90 Å². The van der Waals surface area contributed by atoms with Crippen molar-refractivity contribution in [3.05, 3.63) is 28.3 Å². The third-order valence-electron chi connectivity index (χ3n) is 3.09. The minimum atomic E-state index is -0.133. The second-order valence-electron chi connectivity index (χ2n) is 4.86. The molecule has 0 aliphatic rings. The van der Waals surface area contributed by atoms with Crippen LogP contribution in [0, 0.1) is 6.92 Å². The molecule has 2 aromatic rings. The molecule has 5 nitrogen and oxygen atoms in total. The van der Waals surface area contributed by atoms with Gasteiger partial charge in [0.25, 0.3) is 5.91 Å². The van der Waals surface area contributed by atoms with Gasteiger partial charge in [0.2, 0.25) is 0 Å². The minimum absolute atomic E-state index is 0.0487. The fraction of sp³-hybridized carbons (Fsp3) is 0.429. The fourth-order valence-electron chi connectivity index (χ4n) is 1.99. The van der Waals surface area contributed by atoms with Crippen molar-refractivity contribution in [2.24, 2.45) is 7.05 Å². The number of thiazole rings is 1. The molecular weight excluding hydrogens is 274 g/mol. The SMILES string of the molecule is Cc1nc(-c2cc(C(=O)NC(C)CCO)n(C)c2)cs1. The summed E-state index contributed by atoms with van der Waals surface area (Å²) in [6, 6.07) is 1.79. The number of aliphatic hydroxyl groups excluding tert-OH is 1. The molecule has 0 saturated carbocycles. The molecule has 0 aliphatic carbocycles. The van der Waals surface area contributed by atoms with E-state index in [1.54, 1.807) is 15.9 Å². The maximum atomic E-state index is 12.2. The normalized spacial score (nSPS) is 12.4. The standard InChI is InChI=1S/C14H19N3O2S/c1-9(4-5-18)15-14(19)13-6-11(7-17(13)3)12-8-20-10(2)16-12/h6-9,18H,4-5H2,1-3H3,(H,15,19). The van der Waals surface area contributed by atoms with E-state index in [4.69, 9.17) is 5.11 Å². The number of hydrogen-bond acceptors (Lipinski definition) is 4. The summed E-state index contributed by atoms with van der Waals surface area (Å²) in [5.41, 5.74) is 2.43. The maximum absolute atomic E-state index is 12.2. The number of amides is 1. The molecule has 2 N–H and O–H groups in total. The van der Waals surface area contributed by atoms with Crippen LogP contribution >= 0.6 is 11.3 Å². The Morgan fingerprint density at radius 1 is 1.60 bits per heavy atom. The summed E-state index contributed by atoms with van der Waals surface area (Å²) in [5.74, 6) is -0.133. The monoisotopic (exact) mass is 293 g/mol. The van der Waals surface area contributed by atoms with Crippen LogP contribution in [0.1, 0.15) is 28.8 Å². The van der Waals surface area contributed by atoms with Gasteiger partial charge in [0, 0.05) is 36.8 Å². The van der Waals surface area contributed by atoms with Crippen molar-refractivity contribution >= 4 is 17.2 Å². The zero-order chi connectivity index (χ0) is 14.7. The first kappa shape index (κ1) is 14.7. The minimum Gasteiger partial charge on any atom is -0.396 e. The van der Waals surface area contributed by atoms with Gasteiger partial charge in [-0.2, -0.15) is 0 Å². The number of aliphatic hydroxyl groups is 1. The topological polar surface area (TPSA) is 67.2 Å². The predicted octanol–water partition coefficient (Wildman–Crippen LogP) is 1.96. The highest BCUT2D eigenvalue weighted by molar-refractivity contribution is 7.09. The van der Waals surface area contributed by atoms with Crippen molar-refractivity contribution in [3.8, 4) is 11.3 Å². The lowest BCUT2D eigenvalue weighted by Gasteiger charge is -2.12. The summed E-state index contributed by atoms with van der Waals surface area (Å²) in [6.45, 7) is 3.90. The molecule has 0 bridgehead atoms. The van der Waals surface area contributed by atoms with E-state index in [1.807, 2.05) is 38.5 Å². The van der Waals surface area contributed by atoms with E-state index >= 15 is 0 Å². The smallest absolute Gasteiger partial charge is 0.268 e. The molecule has 0 radical (unpaired) electrons. The van der Waals surface area contributed by atoms with E-state index < -0.39 is 0 Å². The molecule has 2 aromatic heterocycles. The number of nitrogens with zero attached hydrogens (tertiary/aromatic N) is 2. The molecule has 0 saturated heterocycles. The number of aromatic nitrogens is 2. The molecule has 2 rings (SSSR count). The number of rotatable bonds is 5. The van der Waals surface area contributed by atoms with E-state index in [2.05, 4.69) is 10.3 Å². The summed E-state index contributed by atoms with van der Waals surface area (Å²) < 4.78 is 1.80. The Kier molecular flexibility index (Phi) is 4.57. The van der Waals surface area contributed by atoms with Crippen LogP contribution in [0.5, 0.6) is 0 Å². The third kappa shape index (κ3) is 3.26. The van der Waals surface area contributed by atoms with E-state index in [1.165, 1.54) is 0 Å². The first-order valence-corrected chi connectivity index (χ1v) is 7.40. The van der Waals surface area contributed by atoms with Crippen molar-refractivity contribution in [1.82, 2.24) is 14.9 Å². The van der Waals surface area contributed by atoms with Gasteiger partial charge in [0.05, 0.1) is 10.7 Å². The van der Waals surface area contributed by atoms with Gasteiger partial charge in [-0.3, -0.25) is 4.79 Å². The molecule has 1 amide bonds. The summed E-state index contributed by atoms with van der Waals surface area (Å²) >= 11 is 1.59. The molecule has 1 atom stereocenters. The van der Waals surface area contributed by atoms with E-state index in [0.29, 0.717) is 12.1 Å². The average Bonchev–Trinajstić information content (AvgIpc) is 2.95. The lowest BCUT2D eigenvalue weighted by molar-refractivity contribution is 0.0926. The van der Waals surface area contributed by atoms with Crippen LogP contribution in [0.15, 0.2) is 17.6 Å². The van der Waals surface area contributed by atoms with Crippen LogP contribution in [-0.4, -0.2) is 33.2 Å². The summed E-state index contributed by atoms with van der Waals surface area (Å²) in [7, 11) is 1.84. The Hall–Kier alpha value is -1.66. The highest BCUT2D eigenvalue weighted by atomic mass is 32.1. The van der Waals surface area contributed by atoms with Crippen molar-refractivity contribution in [2.75, 3.05) is 6.61 Å². The van der Waals surface area contributed by atoms with Gasteiger partial charge in [-0.25, -0.2) is 4.98 Å². The maximum Gasteiger partial charge on any atom is 0.268 e. The zero-order valence-electron chi connectivity index (χ0n) is 11.9. The Morgan fingerprint density at radius 2 is 2.35 bits per heavy atom. The van der Waals surface area contributed by atoms with Crippen molar-refractivity contribution in [1.29, 1.82) is 0 Å². The predicted molar refractivity (Wildman–Crippen MR) is 79.9 cm³/mol. The van der Waals surface area contributed by atoms with Crippen LogP contribution in [0.2, 0.25) is 0 Å². The molecule has 20 heavy (non-hydrogen) atoms. The van der Waals surface area contributed by atoms with Gasteiger partial charge >= 0.3 is 0 Å². The zero-order valence-corrected chi connectivity index (χ0v) is 12.7. The fourth-order valence-corrected chi connectivity index (χ4v) is 2.61. The van der Waals surface area contributed by atoms with Crippen LogP contribution in [-0.2, 0) is 7.05 Å². The van der Waals surface area contributed by atoms with Crippen LogP contribution < -0.4 is 5.32 Å². The summed E-state index contributed by atoms with van der Waals surface area (Å²) in [5, 5.41) is 14.7. The van der Waals surface area contributed by atoms with E-state index in [0.717, 1.165) is 16.3 Å². The molecule has 0 fully saturated rings. The summed E-state index contributed by atoms with van der Waals surface area (Å²) in [6.07, 6.45) is 2.45. The molecule has 6 heteroatoms. The highest BCUT2D eigenvalue weighted by Gasteiger charge is 2.15. The highest BCUT2D eigenvalue weighted by Crippen LogP contribution is 2.23. The summed E-state index contributed by atoms with van der Waals surface area (Å²) in [4.78, 5) is 16.6. The average molecular weight is 293 g/mol. The van der Waals surface area contributed by atoms with Gasteiger partial charge in [-0.1, -0.05) is 0 Å². The molecule has 2 heterocycles. The number of carbonyl (C=O) groups is 1. The van der Waals surface area contributed by atoms with Gasteiger partial charge in [-0.15, -0.1) is 11.3 Å². The van der Waals surface area contributed by atoms with Crippen LogP contribution in [0.4, 0.5) is 0 Å². The van der Waals surface area contributed by atoms with Gasteiger partial charge < -0.3 is 15.0 Å². The van der Waals surface area contributed by atoms with Crippen LogP contribution in [0.25, 0.3) is 11.3 Å². The number of nitrogens with one attached hydrogen (secondary N) is 1. The van der Waals surface area contributed by atoms with E-state index in [9.17, 15) is 4.79 Å². The first-order chi connectivity index (χ1) is 9.51.